The second-order valence-corrected chi connectivity index (χ2v) is 4.16. The van der Waals surface area contributed by atoms with E-state index in [4.69, 9.17) is 0 Å². The highest BCUT2D eigenvalue weighted by molar-refractivity contribution is 6.24. The van der Waals surface area contributed by atoms with Gasteiger partial charge in [-0.15, -0.1) is 0 Å². The first-order valence-corrected chi connectivity index (χ1v) is 5.30. The van der Waals surface area contributed by atoms with Crippen molar-refractivity contribution in [2.75, 3.05) is 5.32 Å². The monoisotopic (exact) mass is 232 g/mol. The van der Waals surface area contributed by atoms with Crippen molar-refractivity contribution >= 4 is 23.4 Å². The number of amides is 3. The zero-order chi connectivity index (χ0) is 12.6. The van der Waals surface area contributed by atoms with Crippen LogP contribution in [0.4, 0.5) is 5.69 Å². The molecule has 0 aromatic heterocycles. The lowest BCUT2D eigenvalue weighted by atomic mass is 10.1. The van der Waals surface area contributed by atoms with E-state index < -0.39 is 11.8 Å². The predicted octanol–water partition coefficient (Wildman–Crippen LogP) is 1.16. The van der Waals surface area contributed by atoms with E-state index in [1.165, 1.54) is 0 Å². The van der Waals surface area contributed by atoms with E-state index in [0.717, 1.165) is 0 Å². The number of hydrogen-bond donors (Lipinski definition) is 2. The van der Waals surface area contributed by atoms with E-state index in [1.54, 1.807) is 32.0 Å². The largest absolute Gasteiger partial charge is 0.325 e. The Balaban J connectivity index is 2.41. The maximum atomic E-state index is 11.6. The van der Waals surface area contributed by atoms with Crippen molar-refractivity contribution in [2.24, 2.45) is 5.92 Å². The number of imide groups is 1. The van der Waals surface area contributed by atoms with Crippen LogP contribution in [-0.4, -0.2) is 17.7 Å². The highest BCUT2D eigenvalue weighted by Crippen LogP contribution is 2.24. The van der Waals surface area contributed by atoms with Crippen LogP contribution in [0.2, 0.25) is 0 Å². The van der Waals surface area contributed by atoms with Crippen LogP contribution in [0.15, 0.2) is 18.2 Å². The van der Waals surface area contributed by atoms with Crippen LogP contribution in [0.3, 0.4) is 0 Å². The molecule has 2 rings (SSSR count). The van der Waals surface area contributed by atoms with Crippen molar-refractivity contribution in [2.45, 2.75) is 13.8 Å². The van der Waals surface area contributed by atoms with E-state index >= 15 is 0 Å². The Labute approximate surface area is 98.2 Å². The molecule has 1 aromatic rings. The fraction of sp³-hybridized carbons (Fsp3) is 0.250. The summed E-state index contributed by atoms with van der Waals surface area (Å²) in [5, 5.41) is 4.84. The molecule has 0 radical (unpaired) electrons. The summed E-state index contributed by atoms with van der Waals surface area (Å²) in [5.41, 5.74) is 0.924. The summed E-state index contributed by atoms with van der Waals surface area (Å²) in [6, 6.07) is 4.80. The van der Waals surface area contributed by atoms with E-state index in [-0.39, 0.29) is 17.4 Å². The van der Waals surface area contributed by atoms with Crippen LogP contribution in [0.5, 0.6) is 0 Å². The number of benzene rings is 1. The van der Waals surface area contributed by atoms with Crippen molar-refractivity contribution in [3.05, 3.63) is 29.3 Å². The van der Waals surface area contributed by atoms with Gasteiger partial charge in [-0.2, -0.15) is 0 Å². The highest BCUT2D eigenvalue weighted by Gasteiger charge is 2.29. The van der Waals surface area contributed by atoms with Crippen LogP contribution in [0.25, 0.3) is 0 Å². The number of rotatable bonds is 2. The molecule has 1 heterocycles. The molecule has 0 atom stereocenters. The van der Waals surface area contributed by atoms with Gasteiger partial charge in [-0.25, -0.2) is 0 Å². The molecule has 2 N–H and O–H groups in total. The third-order valence-corrected chi connectivity index (χ3v) is 2.55. The van der Waals surface area contributed by atoms with Crippen LogP contribution in [-0.2, 0) is 4.79 Å². The Bertz CT molecular complexity index is 520. The Morgan fingerprint density at radius 1 is 1.24 bits per heavy atom. The minimum Gasteiger partial charge on any atom is -0.325 e. The molecule has 88 valence electrons. The normalized spacial score (nSPS) is 13.6. The van der Waals surface area contributed by atoms with Gasteiger partial charge in [0.15, 0.2) is 0 Å². The molecule has 5 heteroatoms. The van der Waals surface area contributed by atoms with E-state index in [2.05, 4.69) is 10.6 Å². The molecule has 1 aromatic carbocycles. The summed E-state index contributed by atoms with van der Waals surface area (Å²) < 4.78 is 0. The lowest BCUT2D eigenvalue weighted by molar-refractivity contribution is -0.118. The summed E-state index contributed by atoms with van der Waals surface area (Å²) in [5.74, 6) is -1.27. The summed E-state index contributed by atoms with van der Waals surface area (Å²) in [6.45, 7) is 3.51. The number of hydrogen-bond acceptors (Lipinski definition) is 3. The van der Waals surface area contributed by atoms with Gasteiger partial charge in [0.2, 0.25) is 5.91 Å². The molecule has 0 spiro atoms. The van der Waals surface area contributed by atoms with Gasteiger partial charge in [-0.05, 0) is 12.1 Å². The van der Waals surface area contributed by atoms with Crippen LogP contribution < -0.4 is 10.6 Å². The van der Waals surface area contributed by atoms with Crippen LogP contribution in [0, 0.1) is 5.92 Å². The van der Waals surface area contributed by atoms with Gasteiger partial charge >= 0.3 is 0 Å². The summed E-state index contributed by atoms with van der Waals surface area (Å²) in [4.78, 5) is 34.5. The average Bonchev–Trinajstić information content (AvgIpc) is 2.55. The number of carbonyl (C=O) groups is 3. The fourth-order valence-electron chi connectivity index (χ4n) is 1.60. The molecule has 3 amide bonds. The molecule has 1 aliphatic rings. The third-order valence-electron chi connectivity index (χ3n) is 2.55. The zero-order valence-electron chi connectivity index (χ0n) is 9.53. The van der Waals surface area contributed by atoms with Gasteiger partial charge in [-0.1, -0.05) is 19.9 Å². The molecular weight excluding hydrogens is 220 g/mol. The van der Waals surface area contributed by atoms with Crippen LogP contribution >= 0.6 is 0 Å². The molecule has 0 saturated carbocycles. The average molecular weight is 232 g/mol. The number of carbonyl (C=O) groups excluding carboxylic acids is 3. The van der Waals surface area contributed by atoms with Gasteiger partial charge in [-0.3, -0.25) is 19.7 Å². The van der Waals surface area contributed by atoms with Crippen molar-refractivity contribution < 1.29 is 14.4 Å². The summed E-state index contributed by atoms with van der Waals surface area (Å²) in [7, 11) is 0. The number of anilines is 1. The third kappa shape index (κ3) is 1.91. The molecule has 0 fully saturated rings. The molecule has 1 aliphatic heterocycles. The minimum absolute atomic E-state index is 0.189. The summed E-state index contributed by atoms with van der Waals surface area (Å²) >= 11 is 0. The highest BCUT2D eigenvalue weighted by atomic mass is 16.2. The second-order valence-electron chi connectivity index (χ2n) is 4.16. The smallest absolute Gasteiger partial charge is 0.261 e. The maximum Gasteiger partial charge on any atom is 0.261 e. The zero-order valence-corrected chi connectivity index (χ0v) is 9.53. The van der Waals surface area contributed by atoms with Gasteiger partial charge < -0.3 is 5.32 Å². The molecule has 0 saturated heterocycles. The SMILES string of the molecule is CC(C)C(=O)Nc1cccc2c1C(=O)NC2=O. The van der Waals surface area contributed by atoms with Crippen molar-refractivity contribution in [3.8, 4) is 0 Å². The van der Waals surface area contributed by atoms with Crippen molar-refractivity contribution in [1.29, 1.82) is 0 Å². The predicted molar refractivity (Wildman–Crippen MR) is 61.7 cm³/mol. The van der Waals surface area contributed by atoms with Gasteiger partial charge in [0.05, 0.1) is 16.8 Å². The first-order chi connectivity index (χ1) is 8.00. The Morgan fingerprint density at radius 3 is 2.59 bits per heavy atom. The molecule has 17 heavy (non-hydrogen) atoms. The Hall–Kier alpha value is -2.17. The maximum absolute atomic E-state index is 11.6. The Morgan fingerprint density at radius 2 is 1.94 bits per heavy atom. The molecule has 0 bridgehead atoms. The number of fused-ring (bicyclic) bond motifs is 1. The quantitative estimate of drug-likeness (QED) is 0.751. The summed E-state index contributed by atoms with van der Waals surface area (Å²) in [6.07, 6.45) is 0. The number of nitrogens with one attached hydrogen (secondary N) is 2. The van der Waals surface area contributed by atoms with E-state index in [1.807, 2.05) is 0 Å². The van der Waals surface area contributed by atoms with Crippen molar-refractivity contribution in [1.82, 2.24) is 5.32 Å². The lowest BCUT2D eigenvalue weighted by Crippen LogP contribution is -2.22. The van der Waals surface area contributed by atoms with E-state index in [9.17, 15) is 14.4 Å². The van der Waals surface area contributed by atoms with E-state index in [0.29, 0.717) is 11.3 Å². The second kappa shape index (κ2) is 4.01. The standard InChI is InChI=1S/C12H12N2O3/c1-6(2)10(15)13-8-5-3-4-7-9(8)12(17)14-11(7)16/h3-6H,1-2H3,(H,13,15)(H,14,16,17). The Kier molecular flexibility index (Phi) is 2.67. The molecule has 0 unspecified atom stereocenters. The van der Waals surface area contributed by atoms with Gasteiger partial charge in [0, 0.05) is 5.92 Å². The fourth-order valence-corrected chi connectivity index (χ4v) is 1.60. The molecule has 0 aliphatic carbocycles. The minimum atomic E-state index is -0.468. The van der Waals surface area contributed by atoms with Gasteiger partial charge in [0.1, 0.15) is 0 Å². The van der Waals surface area contributed by atoms with Gasteiger partial charge in [0.25, 0.3) is 11.8 Å². The lowest BCUT2D eigenvalue weighted by Gasteiger charge is -2.09. The first kappa shape index (κ1) is 11.3. The molecule has 5 nitrogen and oxygen atoms in total. The van der Waals surface area contributed by atoms with Crippen molar-refractivity contribution in [3.63, 3.8) is 0 Å². The topological polar surface area (TPSA) is 75.3 Å². The van der Waals surface area contributed by atoms with Crippen LogP contribution in [0.1, 0.15) is 34.6 Å². The molecular formula is C12H12N2O3. The first-order valence-electron chi connectivity index (χ1n) is 5.30.